The molecule has 0 bridgehead atoms. The maximum absolute atomic E-state index is 5.54. The molecule has 0 saturated heterocycles. The molecule has 16 heavy (non-hydrogen) atoms. The van der Waals surface area contributed by atoms with E-state index in [0.717, 1.165) is 18.7 Å². The van der Waals surface area contributed by atoms with Gasteiger partial charge in [-0.2, -0.15) is 0 Å². The first kappa shape index (κ1) is 10.5. The second-order valence-electron chi connectivity index (χ2n) is 3.38. The van der Waals surface area contributed by atoms with E-state index in [1.807, 2.05) is 30.3 Å². The topological polar surface area (TPSA) is 66.0 Å². The number of aromatic nitrogens is 3. The van der Waals surface area contributed by atoms with Gasteiger partial charge in [0.25, 0.3) is 0 Å². The van der Waals surface area contributed by atoms with E-state index in [9.17, 15) is 0 Å². The van der Waals surface area contributed by atoms with Gasteiger partial charge in [-0.3, -0.25) is 4.68 Å². The van der Waals surface area contributed by atoms with Crippen molar-refractivity contribution in [2.45, 2.75) is 13.0 Å². The van der Waals surface area contributed by atoms with Gasteiger partial charge in [-0.05, 0) is 12.1 Å². The first-order valence-electron chi connectivity index (χ1n) is 5.17. The number of anilines is 1. The molecule has 5 nitrogen and oxygen atoms in total. The molecule has 0 unspecified atom stereocenters. The van der Waals surface area contributed by atoms with E-state index in [4.69, 9.17) is 10.5 Å². The quantitative estimate of drug-likeness (QED) is 0.769. The summed E-state index contributed by atoms with van der Waals surface area (Å²) >= 11 is 0. The maximum Gasteiger partial charge on any atom is 0.239 e. The fourth-order valence-corrected chi connectivity index (χ4v) is 1.35. The molecule has 0 spiro atoms. The molecule has 0 fully saturated rings. The summed E-state index contributed by atoms with van der Waals surface area (Å²) in [5, 5.41) is 3.98. The molecule has 0 atom stereocenters. The van der Waals surface area contributed by atoms with Crippen LogP contribution in [0.1, 0.15) is 6.42 Å². The van der Waals surface area contributed by atoms with Gasteiger partial charge in [0, 0.05) is 13.0 Å². The highest BCUT2D eigenvalue weighted by molar-refractivity contribution is 5.20. The van der Waals surface area contributed by atoms with Gasteiger partial charge >= 0.3 is 0 Å². The van der Waals surface area contributed by atoms with Gasteiger partial charge < -0.3 is 10.5 Å². The fourth-order valence-electron chi connectivity index (χ4n) is 1.35. The Morgan fingerprint density at radius 2 is 2.06 bits per heavy atom. The van der Waals surface area contributed by atoms with Crippen LogP contribution >= 0.6 is 0 Å². The Hall–Kier alpha value is -2.04. The zero-order valence-electron chi connectivity index (χ0n) is 8.91. The normalized spacial score (nSPS) is 10.2. The lowest BCUT2D eigenvalue weighted by Crippen LogP contribution is -2.05. The SMILES string of the molecule is Nc1ncn(CCCOc2ccccc2)n1. The van der Waals surface area contributed by atoms with Crippen LogP contribution in [-0.2, 0) is 6.54 Å². The summed E-state index contributed by atoms with van der Waals surface area (Å²) in [5.41, 5.74) is 5.40. The maximum atomic E-state index is 5.54. The molecule has 84 valence electrons. The summed E-state index contributed by atoms with van der Waals surface area (Å²) in [4.78, 5) is 3.84. The molecule has 0 saturated carbocycles. The second kappa shape index (κ2) is 5.16. The average molecular weight is 218 g/mol. The monoisotopic (exact) mass is 218 g/mol. The predicted octanol–water partition coefficient (Wildman–Crippen LogP) is 1.33. The standard InChI is InChI=1S/C11H14N4O/c12-11-13-9-15(14-11)7-4-8-16-10-5-2-1-3-6-10/h1-3,5-6,9H,4,7-8H2,(H2,12,14). The molecule has 0 amide bonds. The van der Waals surface area contributed by atoms with E-state index in [0.29, 0.717) is 12.6 Å². The van der Waals surface area contributed by atoms with Crippen molar-refractivity contribution in [1.82, 2.24) is 14.8 Å². The van der Waals surface area contributed by atoms with E-state index in [1.165, 1.54) is 0 Å². The Balaban J connectivity index is 1.69. The van der Waals surface area contributed by atoms with E-state index in [2.05, 4.69) is 10.1 Å². The lowest BCUT2D eigenvalue weighted by atomic mass is 10.3. The molecule has 1 heterocycles. The van der Waals surface area contributed by atoms with E-state index in [1.54, 1.807) is 11.0 Å². The second-order valence-corrected chi connectivity index (χ2v) is 3.38. The summed E-state index contributed by atoms with van der Waals surface area (Å²) in [6, 6.07) is 9.74. The van der Waals surface area contributed by atoms with Crippen LogP contribution in [0.4, 0.5) is 5.95 Å². The molecule has 0 aliphatic heterocycles. The summed E-state index contributed by atoms with van der Waals surface area (Å²) in [6.45, 7) is 1.42. The third-order valence-corrected chi connectivity index (χ3v) is 2.10. The number of hydrogen-bond acceptors (Lipinski definition) is 4. The number of benzene rings is 1. The highest BCUT2D eigenvalue weighted by Gasteiger charge is 1.96. The largest absolute Gasteiger partial charge is 0.494 e. The van der Waals surface area contributed by atoms with Gasteiger partial charge in [-0.1, -0.05) is 18.2 Å². The van der Waals surface area contributed by atoms with Crippen LogP contribution in [0.2, 0.25) is 0 Å². The number of para-hydroxylation sites is 1. The number of nitrogens with zero attached hydrogens (tertiary/aromatic N) is 3. The molecule has 0 radical (unpaired) electrons. The lowest BCUT2D eigenvalue weighted by molar-refractivity contribution is 0.298. The number of aryl methyl sites for hydroxylation is 1. The molecule has 2 N–H and O–H groups in total. The van der Waals surface area contributed by atoms with E-state index in [-0.39, 0.29) is 0 Å². The minimum Gasteiger partial charge on any atom is -0.494 e. The molecular formula is C11H14N4O. The van der Waals surface area contributed by atoms with Crippen molar-refractivity contribution in [3.63, 3.8) is 0 Å². The molecule has 1 aromatic heterocycles. The third-order valence-electron chi connectivity index (χ3n) is 2.10. The summed E-state index contributed by atoms with van der Waals surface area (Å²) < 4.78 is 7.25. The number of rotatable bonds is 5. The number of ether oxygens (including phenoxy) is 1. The van der Waals surface area contributed by atoms with Gasteiger partial charge in [0.1, 0.15) is 12.1 Å². The minimum absolute atomic E-state index is 0.309. The molecule has 2 rings (SSSR count). The smallest absolute Gasteiger partial charge is 0.239 e. The van der Waals surface area contributed by atoms with Crippen molar-refractivity contribution in [3.05, 3.63) is 36.7 Å². The number of nitrogen functional groups attached to an aromatic ring is 1. The number of hydrogen-bond donors (Lipinski definition) is 1. The van der Waals surface area contributed by atoms with Crippen molar-refractivity contribution >= 4 is 5.95 Å². The van der Waals surface area contributed by atoms with Crippen molar-refractivity contribution in [1.29, 1.82) is 0 Å². The first-order valence-corrected chi connectivity index (χ1v) is 5.17. The van der Waals surface area contributed by atoms with E-state index < -0.39 is 0 Å². The van der Waals surface area contributed by atoms with Crippen molar-refractivity contribution < 1.29 is 4.74 Å². The summed E-state index contributed by atoms with van der Waals surface area (Å²) in [6.07, 6.45) is 2.50. The Morgan fingerprint density at radius 1 is 1.25 bits per heavy atom. The molecule has 0 aliphatic carbocycles. The molecule has 5 heteroatoms. The Labute approximate surface area is 93.9 Å². The molecule has 0 aliphatic rings. The van der Waals surface area contributed by atoms with Crippen molar-refractivity contribution in [2.24, 2.45) is 0 Å². The number of nitrogens with two attached hydrogens (primary N) is 1. The van der Waals surface area contributed by atoms with Crippen LogP contribution < -0.4 is 10.5 Å². The van der Waals surface area contributed by atoms with Gasteiger partial charge in [0.05, 0.1) is 6.61 Å². The Morgan fingerprint density at radius 3 is 2.75 bits per heavy atom. The highest BCUT2D eigenvalue weighted by atomic mass is 16.5. The molecular weight excluding hydrogens is 204 g/mol. The van der Waals surface area contributed by atoms with Crippen molar-refractivity contribution in [2.75, 3.05) is 12.3 Å². The Kier molecular flexibility index (Phi) is 3.38. The van der Waals surface area contributed by atoms with Crippen LogP contribution in [0.5, 0.6) is 5.75 Å². The van der Waals surface area contributed by atoms with Gasteiger partial charge in [0.2, 0.25) is 5.95 Å². The van der Waals surface area contributed by atoms with Gasteiger partial charge in [-0.15, -0.1) is 5.10 Å². The van der Waals surface area contributed by atoms with Gasteiger partial charge in [0.15, 0.2) is 0 Å². The fraction of sp³-hybridized carbons (Fsp3) is 0.273. The van der Waals surface area contributed by atoms with Crippen LogP contribution in [0.15, 0.2) is 36.7 Å². The van der Waals surface area contributed by atoms with Crippen LogP contribution in [0.25, 0.3) is 0 Å². The molecule has 1 aromatic carbocycles. The van der Waals surface area contributed by atoms with E-state index >= 15 is 0 Å². The van der Waals surface area contributed by atoms with Crippen LogP contribution in [0, 0.1) is 0 Å². The Bertz CT molecular complexity index is 427. The van der Waals surface area contributed by atoms with Gasteiger partial charge in [-0.25, -0.2) is 4.98 Å². The highest BCUT2D eigenvalue weighted by Crippen LogP contribution is 2.08. The first-order chi connectivity index (χ1) is 7.84. The van der Waals surface area contributed by atoms with Crippen LogP contribution in [-0.4, -0.2) is 21.4 Å². The van der Waals surface area contributed by atoms with Crippen LogP contribution in [0.3, 0.4) is 0 Å². The lowest BCUT2D eigenvalue weighted by Gasteiger charge is -2.05. The summed E-state index contributed by atoms with van der Waals surface area (Å²) in [7, 11) is 0. The predicted molar refractivity (Wildman–Crippen MR) is 61.0 cm³/mol. The summed E-state index contributed by atoms with van der Waals surface area (Å²) in [5.74, 6) is 1.20. The third kappa shape index (κ3) is 2.98. The average Bonchev–Trinajstić information content (AvgIpc) is 2.72. The zero-order chi connectivity index (χ0) is 11.2. The van der Waals surface area contributed by atoms with Crippen molar-refractivity contribution in [3.8, 4) is 5.75 Å². The molecule has 2 aromatic rings. The zero-order valence-corrected chi connectivity index (χ0v) is 8.91. The minimum atomic E-state index is 0.309.